The van der Waals surface area contributed by atoms with E-state index in [0.717, 1.165) is 24.6 Å². The van der Waals surface area contributed by atoms with Crippen LogP contribution in [0.3, 0.4) is 0 Å². The summed E-state index contributed by atoms with van der Waals surface area (Å²) in [5, 5.41) is 24.7. The number of carboxylic acids is 1. The Morgan fingerprint density at radius 2 is 1.69 bits per heavy atom. The van der Waals surface area contributed by atoms with Crippen molar-refractivity contribution in [3.63, 3.8) is 0 Å². The Bertz CT molecular complexity index is 1470. The van der Waals surface area contributed by atoms with Crippen LogP contribution in [0.25, 0.3) is 10.9 Å². The second kappa shape index (κ2) is 11.0. The van der Waals surface area contributed by atoms with Crippen LogP contribution in [0.2, 0.25) is 0 Å². The molecule has 0 saturated heterocycles. The number of carbonyl (C=O) groups is 3. The number of fused-ring (bicyclic) bond motifs is 1. The zero-order chi connectivity index (χ0) is 25.5. The number of H-pyrrole nitrogens is 1. The van der Waals surface area contributed by atoms with Gasteiger partial charge in [-0.25, -0.2) is 4.79 Å². The van der Waals surface area contributed by atoms with Gasteiger partial charge in [-0.2, -0.15) is 5.26 Å². The molecule has 0 aliphatic rings. The molecule has 1 heterocycles. The quantitative estimate of drug-likeness (QED) is 0.240. The number of nitrogens with one attached hydrogen (secondary N) is 3. The molecule has 0 aliphatic heterocycles. The number of hydrogen-bond donors (Lipinski definition) is 4. The summed E-state index contributed by atoms with van der Waals surface area (Å²) in [7, 11) is 0. The van der Waals surface area contributed by atoms with Crippen molar-refractivity contribution in [2.24, 2.45) is 0 Å². The first-order valence-electron chi connectivity index (χ1n) is 11.5. The molecule has 1 aromatic heterocycles. The summed E-state index contributed by atoms with van der Waals surface area (Å²) in [4.78, 5) is 39.9. The maximum atomic E-state index is 12.9. The number of nitriles is 1. The lowest BCUT2D eigenvalue weighted by Gasteiger charge is -2.08. The number of nitrogens with zero attached hydrogens (tertiary/aromatic N) is 1. The van der Waals surface area contributed by atoms with Gasteiger partial charge in [0.1, 0.15) is 5.69 Å². The lowest BCUT2D eigenvalue weighted by Crippen LogP contribution is -2.15. The summed E-state index contributed by atoms with van der Waals surface area (Å²) in [6, 6.07) is 23.0. The van der Waals surface area contributed by atoms with Crippen molar-refractivity contribution in [3.05, 3.63) is 95.2 Å². The van der Waals surface area contributed by atoms with E-state index in [1.54, 1.807) is 18.2 Å². The molecule has 180 valence electrons. The molecule has 4 aromatic rings. The van der Waals surface area contributed by atoms with Gasteiger partial charge in [-0.15, -0.1) is 0 Å². The van der Waals surface area contributed by atoms with Gasteiger partial charge in [0.15, 0.2) is 0 Å². The predicted octanol–water partition coefficient (Wildman–Crippen LogP) is 5.34. The van der Waals surface area contributed by atoms with E-state index < -0.39 is 11.9 Å². The van der Waals surface area contributed by atoms with Crippen LogP contribution in [0.1, 0.15) is 51.2 Å². The highest BCUT2D eigenvalue weighted by Crippen LogP contribution is 2.25. The maximum absolute atomic E-state index is 12.9. The second-order valence-electron chi connectivity index (χ2n) is 8.33. The van der Waals surface area contributed by atoms with Gasteiger partial charge in [0, 0.05) is 11.8 Å². The number of hydrogen-bond acceptors (Lipinski definition) is 4. The second-order valence-corrected chi connectivity index (χ2v) is 8.33. The highest BCUT2D eigenvalue weighted by Gasteiger charge is 2.17. The lowest BCUT2D eigenvalue weighted by molar-refractivity contribution is -0.116. The summed E-state index contributed by atoms with van der Waals surface area (Å²) in [6.07, 6.45) is 2.96. The number of carboxylic acid groups (broad SMARTS) is 1. The lowest BCUT2D eigenvalue weighted by atomic mass is 10.1. The van der Waals surface area contributed by atoms with Gasteiger partial charge in [0.25, 0.3) is 5.91 Å². The van der Waals surface area contributed by atoms with E-state index >= 15 is 0 Å². The molecule has 0 saturated carbocycles. The van der Waals surface area contributed by atoms with E-state index in [-0.39, 0.29) is 28.4 Å². The van der Waals surface area contributed by atoms with E-state index in [9.17, 15) is 19.5 Å². The van der Waals surface area contributed by atoms with Gasteiger partial charge in [-0.05, 0) is 55.2 Å². The van der Waals surface area contributed by atoms with Crippen molar-refractivity contribution in [3.8, 4) is 6.07 Å². The first-order valence-corrected chi connectivity index (χ1v) is 11.5. The number of aryl methyl sites for hydroxylation is 1. The molecule has 36 heavy (non-hydrogen) atoms. The van der Waals surface area contributed by atoms with Gasteiger partial charge in [-0.3, -0.25) is 9.59 Å². The minimum Gasteiger partial charge on any atom is -0.478 e. The van der Waals surface area contributed by atoms with Crippen molar-refractivity contribution >= 4 is 40.1 Å². The summed E-state index contributed by atoms with van der Waals surface area (Å²) in [5.74, 6) is -1.91. The molecule has 0 unspecified atom stereocenters. The van der Waals surface area contributed by atoms with Crippen molar-refractivity contribution in [1.82, 2.24) is 4.98 Å². The molecule has 4 N–H and O–H groups in total. The van der Waals surface area contributed by atoms with E-state index in [0.29, 0.717) is 17.6 Å². The molecule has 3 aromatic carbocycles. The zero-order valence-corrected chi connectivity index (χ0v) is 19.4. The van der Waals surface area contributed by atoms with Crippen molar-refractivity contribution < 1.29 is 19.5 Å². The average Bonchev–Trinajstić information content (AvgIpc) is 3.33. The molecule has 2 amide bonds. The molecular weight excluding hydrogens is 456 g/mol. The van der Waals surface area contributed by atoms with Crippen LogP contribution >= 0.6 is 0 Å². The van der Waals surface area contributed by atoms with Crippen LogP contribution < -0.4 is 10.6 Å². The maximum Gasteiger partial charge on any atom is 0.337 e. The molecule has 4 rings (SSSR count). The van der Waals surface area contributed by atoms with Crippen molar-refractivity contribution in [2.45, 2.75) is 25.7 Å². The molecule has 0 aliphatic carbocycles. The van der Waals surface area contributed by atoms with E-state index in [4.69, 9.17) is 5.26 Å². The Kier molecular flexibility index (Phi) is 7.42. The van der Waals surface area contributed by atoms with Gasteiger partial charge in [0.05, 0.1) is 34.1 Å². The largest absolute Gasteiger partial charge is 0.478 e. The van der Waals surface area contributed by atoms with Crippen LogP contribution in [0.5, 0.6) is 0 Å². The SMILES string of the molecule is N#Cc1ccc(NC(=O)c2cc3cccc(NC(=O)CCCCc4ccccc4)c3[nH]2)c(C(=O)O)c1. The molecule has 0 fully saturated rings. The van der Waals surface area contributed by atoms with Crippen LogP contribution in [-0.2, 0) is 11.2 Å². The van der Waals surface area contributed by atoms with E-state index in [1.807, 2.05) is 30.3 Å². The number of anilines is 2. The minimum atomic E-state index is -1.26. The third-order valence-electron chi connectivity index (χ3n) is 5.76. The summed E-state index contributed by atoms with van der Waals surface area (Å²) in [5.41, 5.74) is 2.68. The highest BCUT2D eigenvalue weighted by molar-refractivity contribution is 6.10. The minimum absolute atomic E-state index is 0.0779. The Hall–Kier alpha value is -4.90. The van der Waals surface area contributed by atoms with Crippen LogP contribution in [-0.4, -0.2) is 27.9 Å². The van der Waals surface area contributed by atoms with Crippen LogP contribution in [0.4, 0.5) is 11.4 Å². The number of para-hydroxylation sites is 1. The highest BCUT2D eigenvalue weighted by atomic mass is 16.4. The fourth-order valence-electron chi connectivity index (χ4n) is 3.94. The number of aromatic carboxylic acids is 1. The topological polar surface area (TPSA) is 135 Å². The monoisotopic (exact) mass is 480 g/mol. The summed E-state index contributed by atoms with van der Waals surface area (Å²) < 4.78 is 0. The van der Waals surface area contributed by atoms with Crippen molar-refractivity contribution in [2.75, 3.05) is 10.6 Å². The molecule has 0 atom stereocenters. The van der Waals surface area contributed by atoms with Crippen LogP contribution in [0, 0.1) is 11.3 Å². The Morgan fingerprint density at radius 1 is 0.889 bits per heavy atom. The summed E-state index contributed by atoms with van der Waals surface area (Å²) >= 11 is 0. The Morgan fingerprint density at radius 3 is 2.44 bits per heavy atom. The molecule has 0 bridgehead atoms. The molecule has 8 heteroatoms. The number of rotatable bonds is 9. The fourth-order valence-corrected chi connectivity index (χ4v) is 3.94. The van der Waals surface area contributed by atoms with Gasteiger partial charge < -0.3 is 20.7 Å². The smallest absolute Gasteiger partial charge is 0.337 e. The molecule has 8 nitrogen and oxygen atoms in total. The zero-order valence-electron chi connectivity index (χ0n) is 19.4. The number of benzene rings is 3. The third kappa shape index (κ3) is 5.77. The van der Waals surface area contributed by atoms with Crippen LogP contribution in [0.15, 0.2) is 72.8 Å². The van der Waals surface area contributed by atoms with E-state index in [1.165, 1.54) is 23.8 Å². The fraction of sp³-hybridized carbons (Fsp3) is 0.143. The van der Waals surface area contributed by atoms with Gasteiger partial charge in [0.2, 0.25) is 5.91 Å². The standard InChI is InChI=1S/C28H24N4O4/c29-17-19-13-14-22(21(15-19)28(35)36)32-27(34)24-16-20-10-6-11-23(26(20)31-24)30-25(33)12-5-4-9-18-7-2-1-3-8-18/h1-3,6-8,10-11,13-16,31H,4-5,9,12H2,(H,30,33)(H,32,34)(H,35,36). The number of aromatic amines is 1. The van der Waals surface area contributed by atoms with Gasteiger partial charge in [-0.1, -0.05) is 42.5 Å². The Balaban J connectivity index is 1.42. The van der Waals surface area contributed by atoms with E-state index in [2.05, 4.69) is 27.8 Å². The molecular formula is C28H24N4O4. The van der Waals surface area contributed by atoms with Gasteiger partial charge >= 0.3 is 5.97 Å². The Labute approximate surface area is 207 Å². The normalized spacial score (nSPS) is 10.5. The summed E-state index contributed by atoms with van der Waals surface area (Å²) in [6.45, 7) is 0. The van der Waals surface area contributed by atoms with Crippen molar-refractivity contribution in [1.29, 1.82) is 5.26 Å². The predicted molar refractivity (Wildman–Crippen MR) is 137 cm³/mol. The number of unbranched alkanes of at least 4 members (excludes halogenated alkanes) is 1. The molecule has 0 spiro atoms. The number of aromatic nitrogens is 1. The average molecular weight is 481 g/mol. The third-order valence-corrected chi connectivity index (χ3v) is 5.76. The number of carbonyl (C=O) groups excluding carboxylic acids is 2. The first kappa shape index (κ1) is 24.2. The first-order chi connectivity index (χ1) is 17.4. The molecule has 0 radical (unpaired) electrons. The number of amides is 2.